The number of hydrogen-bond donors (Lipinski definition) is 21. The second-order valence-corrected chi connectivity index (χ2v) is 20.9. The largest absolute Gasteiger partial charge is 0.759 e. The summed E-state index contributed by atoms with van der Waals surface area (Å²) in [6.45, 7) is -6.75. The van der Waals surface area contributed by atoms with Crippen molar-refractivity contribution in [1.29, 1.82) is 0 Å². The summed E-state index contributed by atoms with van der Waals surface area (Å²) in [6.07, 6.45) is -69.2. The van der Waals surface area contributed by atoms with E-state index in [1.54, 1.807) is 0 Å². The molecule has 0 aromatic heterocycles. The molecule has 21 saturated heterocycles. The highest BCUT2D eigenvalue weighted by Gasteiger charge is 2.59. The maximum Gasteiger partial charge on any atom is 0.187 e. The number of hydrogen-bond acceptors (Lipinski definition) is 39. The van der Waals surface area contributed by atoms with Crippen LogP contribution in [0.3, 0.4) is 0 Å². The molecule has 35 atom stereocenters. The summed E-state index contributed by atoms with van der Waals surface area (Å²) >= 11 is 0. The molecule has 0 unspecified atom stereocenters. The molecule has 0 aromatic rings. The summed E-state index contributed by atoms with van der Waals surface area (Å²) in [7, 11) is -5.17. The molecule has 39 nitrogen and oxygen atoms in total. The van der Waals surface area contributed by atoms with E-state index in [0.29, 0.717) is 0 Å². The first-order valence-corrected chi connectivity index (χ1v) is 26.7. The van der Waals surface area contributed by atoms with Crippen LogP contribution in [-0.2, 0) is 76.7 Å². The second kappa shape index (κ2) is 28.7. The van der Waals surface area contributed by atoms with Gasteiger partial charge in [-0.3, -0.25) is 8.42 Å². The molecule has 21 aliphatic heterocycles. The minimum Gasteiger partial charge on any atom is -0.759 e. The Morgan fingerprint density at radius 3 is 0.500 bits per heavy atom. The topological polar surface area (TPSA) is 640 Å². The second-order valence-electron chi connectivity index (χ2n) is 20.1. The van der Waals surface area contributed by atoms with E-state index >= 15 is 0 Å². The fourth-order valence-electron chi connectivity index (χ4n) is 10.5. The first-order valence-electron chi connectivity index (χ1n) is 25.4. The number of rotatable bonds is 7. The summed E-state index contributed by atoms with van der Waals surface area (Å²) in [5.41, 5.74) is 5.94. The fraction of sp³-hybridized carbons (Fsp3) is 1.00. The Balaban J connectivity index is 0.00000185. The average molecular weight is 1230 g/mol. The van der Waals surface area contributed by atoms with Crippen molar-refractivity contribution < 1.29 is 186 Å². The summed E-state index contributed by atoms with van der Waals surface area (Å²) in [6, 6.07) is 0. The molecule has 21 aliphatic rings. The normalized spacial score (nSPS) is 52.7. The molecule has 0 aliphatic carbocycles. The highest BCUT2D eigenvalue weighted by atomic mass is 32.3. The predicted molar refractivity (Wildman–Crippen MR) is 241 cm³/mol. The van der Waals surface area contributed by atoms with Crippen LogP contribution in [0.2, 0.25) is 0 Å². The van der Waals surface area contributed by atoms with Gasteiger partial charge in [0.25, 0.3) is 0 Å². The minimum absolute atomic E-state index is 0.547. The molecular weight excluding hydrogens is 1160 g/mol. The molecular formula is C42H71NO38S-2. The summed E-state index contributed by atoms with van der Waals surface area (Å²) in [4.78, 5) is 0. The van der Waals surface area contributed by atoms with E-state index in [4.69, 9.17) is 89.6 Å². The third kappa shape index (κ3) is 14.5. The zero-order valence-electron chi connectivity index (χ0n) is 42.4. The van der Waals surface area contributed by atoms with Crippen LogP contribution in [0, 0.1) is 0 Å². The molecule has 0 amide bonds. The van der Waals surface area contributed by atoms with Crippen LogP contribution >= 0.6 is 0 Å². The first-order chi connectivity index (χ1) is 38.7. The van der Waals surface area contributed by atoms with Crippen molar-refractivity contribution in [2.75, 3.05) is 46.2 Å². The van der Waals surface area contributed by atoms with E-state index in [-0.39, 0.29) is 0 Å². The van der Waals surface area contributed by atoms with Gasteiger partial charge in [-0.1, -0.05) is 0 Å². The molecule has 0 aromatic carbocycles. The fourth-order valence-corrected chi connectivity index (χ4v) is 10.5. The quantitative estimate of drug-likeness (QED) is 0.0831. The number of aliphatic hydroxyl groups is 20. The van der Waals surface area contributed by atoms with E-state index in [9.17, 15) is 102 Å². The molecule has 480 valence electrons. The highest BCUT2D eigenvalue weighted by molar-refractivity contribution is 7.79. The summed E-state index contributed by atoms with van der Waals surface area (Å²) in [5, 5.41) is 220. The van der Waals surface area contributed by atoms with Gasteiger partial charge >= 0.3 is 0 Å². The van der Waals surface area contributed by atoms with E-state index in [1.165, 1.54) is 0 Å². The molecule has 21 rings (SSSR count). The zero-order valence-corrected chi connectivity index (χ0v) is 43.3. The van der Waals surface area contributed by atoms with Gasteiger partial charge in [-0.25, -0.2) is 0 Å². The third-order valence-electron chi connectivity index (χ3n) is 14.8. The van der Waals surface area contributed by atoms with Crippen molar-refractivity contribution >= 4 is 10.4 Å². The van der Waals surface area contributed by atoms with E-state index in [1.807, 2.05) is 0 Å². The summed E-state index contributed by atoms with van der Waals surface area (Å²) < 4.78 is 114. The van der Waals surface area contributed by atoms with Crippen LogP contribution in [0.15, 0.2) is 0 Å². The maximum absolute atomic E-state index is 11.4. The molecule has 82 heavy (non-hydrogen) atoms. The van der Waals surface area contributed by atoms with E-state index in [0.717, 1.165) is 0 Å². The predicted octanol–water partition coefficient (Wildman–Crippen LogP) is -16.6. The summed E-state index contributed by atoms with van der Waals surface area (Å²) in [5.74, 6) is 0. The van der Waals surface area contributed by atoms with Gasteiger partial charge in [-0.15, -0.1) is 0 Å². The minimum atomic E-state index is -5.17. The SMILES string of the molecule is NC[C@H]1O[C@@H]2O[C@H]3[C@H](O)[C@@H](O)[C@@H](O[C@H]4[C@H](O)[C@@H](O)[C@@H](O[C@H]5[C@H](O)[C@@H](O)[C@@H](O[C@H]6[C@H](O)[C@@H](O)[C@@H](O[C@H]7[C@H](O)[C@@H](O)[C@@H](O[C@H]8[C@H](O)[C@@H](O)[C@@H](O[C@H]1[C@H](O)[C@H]2O)O[C@@H]8CO)O[C@@H]7CO)O[C@@H]6CO)O[C@@H]5CO)O[C@@H]4CO)O[C@@H]3CO.O=S(=O)([O-])[O-]. The van der Waals surface area contributed by atoms with Crippen LogP contribution in [-0.4, -0.2) is 381 Å². The highest BCUT2D eigenvalue weighted by Crippen LogP contribution is 2.39. The van der Waals surface area contributed by atoms with Crippen molar-refractivity contribution in [2.24, 2.45) is 5.73 Å². The zero-order chi connectivity index (χ0) is 60.6. The lowest BCUT2D eigenvalue weighted by Crippen LogP contribution is -2.68. The molecule has 0 spiro atoms. The Morgan fingerprint density at radius 2 is 0.378 bits per heavy atom. The van der Waals surface area contributed by atoms with Crippen LogP contribution < -0.4 is 5.73 Å². The Hall–Kier alpha value is -1.53. The lowest BCUT2D eigenvalue weighted by atomic mass is 9.95. The Kier molecular flexibility index (Phi) is 23.8. The van der Waals surface area contributed by atoms with Gasteiger partial charge in [0.1, 0.15) is 171 Å². The van der Waals surface area contributed by atoms with Gasteiger partial charge in [-0.05, 0) is 0 Å². The van der Waals surface area contributed by atoms with Crippen molar-refractivity contribution in [3.8, 4) is 0 Å². The van der Waals surface area contributed by atoms with Gasteiger partial charge < -0.3 is 183 Å². The van der Waals surface area contributed by atoms with Gasteiger partial charge in [0, 0.05) is 16.9 Å². The maximum atomic E-state index is 11.4. The molecule has 0 saturated carbocycles. The molecule has 21 heterocycles. The van der Waals surface area contributed by atoms with Crippen LogP contribution in [0.4, 0.5) is 0 Å². The number of aliphatic hydroxyl groups excluding tert-OH is 20. The van der Waals surface area contributed by atoms with E-state index < -0.39 is 272 Å². The van der Waals surface area contributed by atoms with Gasteiger partial charge in [-0.2, -0.15) is 0 Å². The number of ether oxygens (including phenoxy) is 14. The molecule has 22 N–H and O–H groups in total. The Bertz CT molecular complexity index is 1710. The third-order valence-corrected chi connectivity index (χ3v) is 14.8. The standard InChI is InChI=1S/C42H71NO34.H2O4S/c43-1-8-29-15(50)22(57)36(64-8)72-30-9(2-44)66-38(24(59)17(30)52)74-32-11(4-46)68-40(26(61)19(32)54)76-34-13(6-48)70-42(28(63)21(34)56)77-35-14(7-49)69-41(27(62)20(35)55)75-33-12(5-47)67-39(25(60)18(33)53)73-31-10(3-45)65-37(71-29)23(58)16(31)51;1-5(2,3)4/h8-42,44-63H,1-7,43H2;(H2,1,2,3,4)/p-2/t8-,9-,10-,11-,12-,13-,14-,15-,16-,17-,18-,19-,20-,21-,22-,23-,24-,25-,26-,27-,28-,29-,30-,31-,32-,33-,34-,35-,36-,37-,38-,39-,40-,41-,42-;/m1./s1. The average Bonchev–Trinajstić information content (AvgIpc) is 3.65. The van der Waals surface area contributed by atoms with E-state index in [2.05, 4.69) is 0 Å². The Morgan fingerprint density at radius 1 is 0.256 bits per heavy atom. The number of nitrogens with two attached hydrogens (primary N) is 1. The van der Waals surface area contributed by atoms with Crippen molar-refractivity contribution in [3.05, 3.63) is 0 Å². The Labute approximate surface area is 462 Å². The monoisotopic (exact) mass is 1230 g/mol. The molecule has 0 radical (unpaired) electrons. The lowest BCUT2D eigenvalue weighted by Gasteiger charge is -2.50. The smallest absolute Gasteiger partial charge is 0.187 e. The lowest BCUT2D eigenvalue weighted by molar-refractivity contribution is -0.396. The molecule has 40 heteroatoms. The van der Waals surface area contributed by atoms with Crippen molar-refractivity contribution in [1.82, 2.24) is 0 Å². The van der Waals surface area contributed by atoms with Crippen LogP contribution in [0.1, 0.15) is 0 Å². The molecule has 14 bridgehead atoms. The van der Waals surface area contributed by atoms with Crippen LogP contribution in [0.5, 0.6) is 0 Å². The van der Waals surface area contributed by atoms with Crippen molar-refractivity contribution in [3.63, 3.8) is 0 Å². The van der Waals surface area contributed by atoms with Gasteiger partial charge in [0.05, 0.1) is 39.6 Å². The van der Waals surface area contributed by atoms with Crippen LogP contribution in [0.25, 0.3) is 0 Å². The van der Waals surface area contributed by atoms with Gasteiger partial charge in [0.2, 0.25) is 0 Å². The first kappa shape index (κ1) is 68.0. The van der Waals surface area contributed by atoms with Gasteiger partial charge in [0.15, 0.2) is 44.0 Å². The molecule has 21 fully saturated rings. The van der Waals surface area contributed by atoms with Crippen molar-refractivity contribution in [2.45, 2.75) is 215 Å².